The van der Waals surface area contributed by atoms with Gasteiger partial charge in [0.1, 0.15) is 0 Å². The molecular formula is C80H52N4. The van der Waals surface area contributed by atoms with Gasteiger partial charge in [-0.25, -0.2) is 0 Å². The van der Waals surface area contributed by atoms with Crippen LogP contribution in [0.2, 0.25) is 0 Å². The Hall–Kier alpha value is -11.2. The van der Waals surface area contributed by atoms with E-state index in [1.54, 1.807) is 0 Å². The van der Waals surface area contributed by atoms with Crippen molar-refractivity contribution in [1.29, 1.82) is 0 Å². The van der Waals surface area contributed by atoms with Gasteiger partial charge < -0.3 is 18.6 Å². The van der Waals surface area contributed by atoms with Crippen molar-refractivity contribution in [3.8, 4) is 50.4 Å². The summed E-state index contributed by atoms with van der Waals surface area (Å²) in [5.74, 6) is 0. The van der Waals surface area contributed by atoms with E-state index in [0.717, 1.165) is 45.1 Å². The van der Waals surface area contributed by atoms with E-state index in [4.69, 9.17) is 0 Å². The van der Waals surface area contributed by atoms with Crippen LogP contribution in [0.4, 0.5) is 17.1 Å². The molecule has 4 nitrogen and oxygen atoms in total. The molecule has 0 N–H and O–H groups in total. The van der Waals surface area contributed by atoms with Gasteiger partial charge in [0.05, 0.1) is 44.5 Å². The molecule has 0 radical (unpaired) electrons. The van der Waals surface area contributed by atoms with Crippen LogP contribution in [0.15, 0.2) is 315 Å². The van der Waals surface area contributed by atoms with Gasteiger partial charge in [0.2, 0.25) is 0 Å². The smallest absolute Gasteiger partial charge is 0.0547 e. The Kier molecular flexibility index (Phi) is 10.9. The molecule has 84 heavy (non-hydrogen) atoms. The number of rotatable bonds is 9. The van der Waals surface area contributed by atoms with E-state index in [-0.39, 0.29) is 0 Å². The van der Waals surface area contributed by atoms with E-state index in [9.17, 15) is 0 Å². The summed E-state index contributed by atoms with van der Waals surface area (Å²) < 4.78 is 7.18. The van der Waals surface area contributed by atoms with Crippen molar-refractivity contribution < 1.29 is 0 Å². The largest absolute Gasteiger partial charge is 0.309 e. The molecule has 0 fully saturated rings. The van der Waals surface area contributed by atoms with Crippen LogP contribution in [-0.4, -0.2) is 13.7 Å². The van der Waals surface area contributed by atoms with E-state index in [1.807, 2.05) is 0 Å². The molecule has 4 heteroatoms. The second-order valence-electron chi connectivity index (χ2n) is 22.0. The molecule has 0 aliphatic carbocycles. The average Bonchev–Trinajstić information content (AvgIpc) is 3.61. The van der Waals surface area contributed by atoms with Crippen molar-refractivity contribution in [2.75, 3.05) is 4.90 Å². The SMILES string of the molecule is c1ccc(-n2c3ccccc3c3cc(-c4ccc(N(c5ccc(-c6ccc7c(c6)c6ccccc6n7-c6ccccc6)c6ccccc56)c5ccc(-c6ccc7c8ccccc8n(-c8ccccc8)c7c6)c6ccccc56)cc4)ccc32)cc1. The van der Waals surface area contributed by atoms with Gasteiger partial charge in [0.25, 0.3) is 0 Å². The highest BCUT2D eigenvalue weighted by Crippen LogP contribution is 2.48. The summed E-state index contributed by atoms with van der Waals surface area (Å²) in [4.78, 5) is 2.49. The third-order valence-electron chi connectivity index (χ3n) is 17.4. The van der Waals surface area contributed by atoms with Crippen molar-refractivity contribution in [3.63, 3.8) is 0 Å². The zero-order valence-corrected chi connectivity index (χ0v) is 45.8. The fourth-order valence-corrected chi connectivity index (χ4v) is 13.7. The summed E-state index contributed by atoms with van der Waals surface area (Å²) >= 11 is 0. The molecule has 0 bridgehead atoms. The standard InChI is InChI=1S/C80H52N4/c1-4-20-57(21-5-1)81-74-34-18-15-31-68(74)71-50-54(39-46-78(71)81)53-36-41-60(42-37-53)83(76-48-44-61(63-26-10-12-28-65(63)76)55-40-47-79-72(51-55)69-32-16-19-35-75(69)82(79)58-22-6-2-7-23-58)77-49-45-62(64-27-11-13-29-66(64)77)56-38-43-70-67-30-14-17-33-73(67)84(80(70)52-56)59-24-8-3-9-25-59/h1-52H. The van der Waals surface area contributed by atoms with Crippen molar-refractivity contribution in [2.45, 2.75) is 0 Å². The Morgan fingerprint density at radius 3 is 1.01 bits per heavy atom. The zero-order chi connectivity index (χ0) is 55.2. The molecule has 17 aromatic rings. The van der Waals surface area contributed by atoms with Crippen LogP contribution in [0.1, 0.15) is 0 Å². The fraction of sp³-hybridized carbons (Fsp3) is 0. The second kappa shape index (κ2) is 19.2. The molecule has 0 saturated carbocycles. The topological polar surface area (TPSA) is 18.0 Å². The third-order valence-corrected chi connectivity index (χ3v) is 17.4. The number of aromatic nitrogens is 3. The number of benzene rings is 14. The predicted molar refractivity (Wildman–Crippen MR) is 355 cm³/mol. The number of fused-ring (bicyclic) bond motifs is 11. The molecule has 0 saturated heterocycles. The lowest BCUT2D eigenvalue weighted by atomic mass is 9.93. The summed E-state index contributed by atoms with van der Waals surface area (Å²) in [5.41, 5.74) is 20.9. The number of nitrogens with zero attached hydrogens (tertiary/aromatic N) is 4. The second-order valence-corrected chi connectivity index (χ2v) is 22.0. The van der Waals surface area contributed by atoms with Crippen LogP contribution >= 0.6 is 0 Å². The van der Waals surface area contributed by atoms with E-state index >= 15 is 0 Å². The van der Waals surface area contributed by atoms with Gasteiger partial charge in [0.15, 0.2) is 0 Å². The van der Waals surface area contributed by atoms with Crippen LogP contribution in [-0.2, 0) is 0 Å². The van der Waals surface area contributed by atoms with E-state index in [0.29, 0.717) is 0 Å². The maximum atomic E-state index is 2.49. The highest BCUT2D eigenvalue weighted by atomic mass is 15.1. The normalized spacial score (nSPS) is 11.8. The Balaban J connectivity index is 0.841. The highest BCUT2D eigenvalue weighted by molar-refractivity contribution is 6.16. The molecule has 0 amide bonds. The average molecular weight is 1070 g/mol. The maximum Gasteiger partial charge on any atom is 0.0547 e. The van der Waals surface area contributed by atoms with Gasteiger partial charge in [-0.3, -0.25) is 0 Å². The number of para-hydroxylation sites is 6. The fourth-order valence-electron chi connectivity index (χ4n) is 13.7. The predicted octanol–water partition coefficient (Wildman–Crippen LogP) is 21.8. The molecule has 17 rings (SSSR count). The number of hydrogen-bond acceptors (Lipinski definition) is 1. The molecule has 14 aromatic carbocycles. The minimum absolute atomic E-state index is 1.07. The zero-order valence-electron chi connectivity index (χ0n) is 45.8. The number of hydrogen-bond donors (Lipinski definition) is 0. The first-order valence-corrected chi connectivity index (χ1v) is 28.9. The molecular weight excluding hydrogens is 1020 g/mol. The molecule has 3 aromatic heterocycles. The lowest BCUT2D eigenvalue weighted by Crippen LogP contribution is -2.11. The van der Waals surface area contributed by atoms with E-state index in [2.05, 4.69) is 334 Å². The quantitative estimate of drug-likeness (QED) is 0.141. The summed E-state index contributed by atoms with van der Waals surface area (Å²) in [6.07, 6.45) is 0. The lowest BCUT2D eigenvalue weighted by molar-refractivity contribution is 1.18. The number of anilines is 3. The van der Waals surface area contributed by atoms with Gasteiger partial charge in [-0.15, -0.1) is 0 Å². The van der Waals surface area contributed by atoms with E-state index in [1.165, 1.54) is 109 Å². The van der Waals surface area contributed by atoms with Gasteiger partial charge in [0, 0.05) is 65.8 Å². The Morgan fingerprint density at radius 1 is 0.190 bits per heavy atom. The summed E-state index contributed by atoms with van der Waals surface area (Å²) in [6.45, 7) is 0. The summed E-state index contributed by atoms with van der Waals surface area (Å²) in [6, 6.07) is 116. The molecule has 0 unspecified atom stereocenters. The first-order valence-electron chi connectivity index (χ1n) is 28.9. The van der Waals surface area contributed by atoms with Gasteiger partial charge in [-0.2, -0.15) is 0 Å². The molecule has 0 spiro atoms. The van der Waals surface area contributed by atoms with Gasteiger partial charge in [-0.05, 0) is 153 Å². The highest BCUT2D eigenvalue weighted by Gasteiger charge is 2.23. The first kappa shape index (κ1) is 47.6. The van der Waals surface area contributed by atoms with E-state index < -0.39 is 0 Å². The summed E-state index contributed by atoms with van der Waals surface area (Å²) in [5, 5.41) is 12.1. The Labute approximate surface area is 485 Å². The first-order chi connectivity index (χ1) is 41.7. The summed E-state index contributed by atoms with van der Waals surface area (Å²) in [7, 11) is 0. The van der Waals surface area contributed by atoms with Crippen LogP contribution in [0.5, 0.6) is 0 Å². The van der Waals surface area contributed by atoms with Gasteiger partial charge >= 0.3 is 0 Å². The van der Waals surface area contributed by atoms with Crippen LogP contribution in [0.25, 0.3) is 137 Å². The van der Waals surface area contributed by atoms with Gasteiger partial charge in [-0.1, -0.05) is 206 Å². The molecule has 0 atom stereocenters. The maximum absolute atomic E-state index is 2.49. The minimum atomic E-state index is 1.07. The third kappa shape index (κ3) is 7.48. The van der Waals surface area contributed by atoms with Crippen molar-refractivity contribution in [1.82, 2.24) is 13.7 Å². The lowest BCUT2D eigenvalue weighted by Gasteiger charge is -2.29. The van der Waals surface area contributed by atoms with Crippen LogP contribution in [0, 0.1) is 0 Å². The van der Waals surface area contributed by atoms with Crippen molar-refractivity contribution in [2.24, 2.45) is 0 Å². The Morgan fingerprint density at radius 2 is 0.524 bits per heavy atom. The van der Waals surface area contributed by atoms with Crippen molar-refractivity contribution >= 4 is 104 Å². The molecule has 0 aliphatic rings. The Bertz CT molecular complexity index is 5420. The minimum Gasteiger partial charge on any atom is -0.309 e. The molecule has 0 aliphatic heterocycles. The van der Waals surface area contributed by atoms with Crippen LogP contribution < -0.4 is 4.90 Å². The molecule has 3 heterocycles. The van der Waals surface area contributed by atoms with Crippen LogP contribution in [0.3, 0.4) is 0 Å². The monoisotopic (exact) mass is 1070 g/mol. The molecule has 392 valence electrons. The van der Waals surface area contributed by atoms with Crippen molar-refractivity contribution in [3.05, 3.63) is 315 Å².